The van der Waals surface area contributed by atoms with E-state index in [-0.39, 0.29) is 18.0 Å². The van der Waals surface area contributed by atoms with Crippen molar-refractivity contribution < 1.29 is 23.4 Å². The van der Waals surface area contributed by atoms with Gasteiger partial charge in [-0.1, -0.05) is 0 Å². The summed E-state index contributed by atoms with van der Waals surface area (Å²) >= 11 is 1.47. The highest BCUT2D eigenvalue weighted by Gasteiger charge is 2.11. The first-order chi connectivity index (χ1) is 13.0. The lowest BCUT2D eigenvalue weighted by Crippen LogP contribution is -2.00. The van der Waals surface area contributed by atoms with Crippen LogP contribution in [0, 0.1) is 5.82 Å². The predicted octanol–water partition coefficient (Wildman–Crippen LogP) is 4.75. The number of Topliss-reactive ketones (excluding diaryl/α,β-unsaturated/α-hetero) is 1. The molecule has 140 valence electrons. The van der Waals surface area contributed by atoms with Gasteiger partial charge in [0.25, 0.3) is 0 Å². The van der Waals surface area contributed by atoms with E-state index in [0.29, 0.717) is 17.2 Å². The minimum absolute atomic E-state index is 0.0479. The van der Waals surface area contributed by atoms with E-state index in [9.17, 15) is 9.18 Å². The maximum Gasteiger partial charge on any atom is 0.162 e. The molecule has 0 amide bonds. The summed E-state index contributed by atoms with van der Waals surface area (Å²) in [4.78, 5) is 15.8. The van der Waals surface area contributed by atoms with E-state index in [1.165, 1.54) is 30.4 Å². The number of nitrogens with zero attached hydrogens (tertiary/aromatic N) is 1. The van der Waals surface area contributed by atoms with Crippen molar-refractivity contribution >= 4 is 17.1 Å². The van der Waals surface area contributed by atoms with Crippen molar-refractivity contribution in [2.75, 3.05) is 14.2 Å². The smallest absolute Gasteiger partial charge is 0.162 e. The van der Waals surface area contributed by atoms with Crippen molar-refractivity contribution in [1.29, 1.82) is 0 Å². The van der Waals surface area contributed by atoms with Crippen LogP contribution in [0.1, 0.15) is 23.0 Å². The predicted molar refractivity (Wildman–Crippen MR) is 101 cm³/mol. The number of carbonyl (C=O) groups excluding carboxylic acids is 1. The Balaban J connectivity index is 1.71. The molecule has 3 aromatic rings. The Kier molecular flexibility index (Phi) is 5.71. The molecule has 0 atom stereocenters. The third-order valence-corrected chi connectivity index (χ3v) is 4.83. The van der Waals surface area contributed by atoms with E-state index in [1.54, 1.807) is 20.3 Å². The molecule has 0 aliphatic rings. The van der Waals surface area contributed by atoms with Crippen LogP contribution in [0.3, 0.4) is 0 Å². The second-order valence-corrected chi connectivity index (χ2v) is 6.56. The molecule has 2 aromatic carbocycles. The summed E-state index contributed by atoms with van der Waals surface area (Å²) in [5.41, 5.74) is 1.67. The van der Waals surface area contributed by atoms with Crippen LogP contribution in [0.4, 0.5) is 4.39 Å². The zero-order valence-corrected chi connectivity index (χ0v) is 15.9. The number of carbonyl (C=O) groups is 1. The molecule has 5 nitrogen and oxygen atoms in total. The van der Waals surface area contributed by atoms with Crippen molar-refractivity contribution in [3.8, 4) is 27.8 Å². The van der Waals surface area contributed by atoms with Crippen LogP contribution in [-0.2, 0) is 6.61 Å². The molecule has 0 N–H and O–H groups in total. The quantitative estimate of drug-likeness (QED) is 0.548. The highest BCUT2D eigenvalue weighted by atomic mass is 32.1. The van der Waals surface area contributed by atoms with Gasteiger partial charge in [-0.05, 0) is 37.3 Å². The number of benzene rings is 2. The fourth-order valence-electron chi connectivity index (χ4n) is 2.50. The van der Waals surface area contributed by atoms with Crippen LogP contribution in [0.25, 0.3) is 10.6 Å². The summed E-state index contributed by atoms with van der Waals surface area (Å²) in [6.07, 6.45) is 0. The summed E-state index contributed by atoms with van der Waals surface area (Å²) < 4.78 is 30.0. The number of ketones is 1. The molecule has 0 bridgehead atoms. The summed E-state index contributed by atoms with van der Waals surface area (Å²) in [5, 5.41) is 2.69. The van der Waals surface area contributed by atoms with Gasteiger partial charge < -0.3 is 14.2 Å². The number of hydrogen-bond acceptors (Lipinski definition) is 6. The molecule has 0 fully saturated rings. The number of methoxy groups -OCH3 is 2. The van der Waals surface area contributed by atoms with E-state index >= 15 is 0 Å². The summed E-state index contributed by atoms with van der Waals surface area (Å²) in [7, 11) is 3.17. The van der Waals surface area contributed by atoms with Crippen LogP contribution >= 0.6 is 11.3 Å². The van der Waals surface area contributed by atoms with Gasteiger partial charge in [-0.25, -0.2) is 9.37 Å². The normalized spacial score (nSPS) is 10.5. The Morgan fingerprint density at radius 1 is 1.11 bits per heavy atom. The topological polar surface area (TPSA) is 57.7 Å². The van der Waals surface area contributed by atoms with Gasteiger partial charge in [-0.3, -0.25) is 4.79 Å². The van der Waals surface area contributed by atoms with Gasteiger partial charge in [-0.2, -0.15) is 0 Å². The lowest BCUT2D eigenvalue weighted by Gasteiger charge is -2.08. The summed E-state index contributed by atoms with van der Waals surface area (Å²) in [5.74, 6) is 0.710. The largest absolute Gasteiger partial charge is 0.493 e. The molecule has 0 unspecified atom stereocenters. The fourth-order valence-corrected chi connectivity index (χ4v) is 3.30. The number of thiazole rings is 1. The van der Waals surface area contributed by atoms with E-state index in [4.69, 9.17) is 14.2 Å². The lowest BCUT2D eigenvalue weighted by molar-refractivity contribution is 0.101. The van der Waals surface area contributed by atoms with E-state index < -0.39 is 5.82 Å². The average molecular weight is 387 g/mol. The van der Waals surface area contributed by atoms with Crippen LogP contribution < -0.4 is 14.2 Å². The van der Waals surface area contributed by atoms with E-state index in [1.807, 2.05) is 23.6 Å². The van der Waals surface area contributed by atoms with Crippen LogP contribution in [-0.4, -0.2) is 25.0 Å². The van der Waals surface area contributed by atoms with Gasteiger partial charge in [0.1, 0.15) is 23.2 Å². The first-order valence-corrected chi connectivity index (χ1v) is 9.00. The molecule has 7 heteroatoms. The molecular formula is C20H18FNO4S. The SMILES string of the molecule is COc1ccc(-c2nc(COc3ccc(C(C)=O)c(F)c3)cs2)cc1OC. The zero-order valence-electron chi connectivity index (χ0n) is 15.1. The molecule has 1 aromatic heterocycles. The monoisotopic (exact) mass is 387 g/mol. The molecule has 3 rings (SSSR count). The van der Waals surface area contributed by atoms with Gasteiger partial charge in [-0.15, -0.1) is 11.3 Å². The Bertz CT molecular complexity index is 970. The standard InChI is InChI=1S/C20H18FNO4S/c1-12(23)16-6-5-15(9-17(16)21)26-10-14-11-27-20(22-14)13-4-7-18(24-2)19(8-13)25-3/h4-9,11H,10H2,1-3H3. The Morgan fingerprint density at radius 2 is 1.89 bits per heavy atom. The number of halogens is 1. The van der Waals surface area contributed by atoms with Gasteiger partial charge in [0.05, 0.1) is 25.5 Å². The van der Waals surface area contributed by atoms with E-state index in [0.717, 1.165) is 16.3 Å². The molecule has 27 heavy (non-hydrogen) atoms. The highest BCUT2D eigenvalue weighted by Crippen LogP contribution is 2.33. The van der Waals surface area contributed by atoms with Crippen molar-refractivity contribution in [2.45, 2.75) is 13.5 Å². The summed E-state index contributed by atoms with van der Waals surface area (Å²) in [6, 6.07) is 9.78. The van der Waals surface area contributed by atoms with Crippen LogP contribution in [0.5, 0.6) is 17.2 Å². The molecule has 0 aliphatic carbocycles. The van der Waals surface area contributed by atoms with Crippen molar-refractivity contribution in [2.24, 2.45) is 0 Å². The first kappa shape index (κ1) is 18.8. The fraction of sp³-hybridized carbons (Fsp3) is 0.200. The van der Waals surface area contributed by atoms with E-state index in [2.05, 4.69) is 4.98 Å². The third kappa shape index (κ3) is 4.25. The van der Waals surface area contributed by atoms with Crippen LogP contribution in [0.15, 0.2) is 41.8 Å². The van der Waals surface area contributed by atoms with Gasteiger partial charge in [0.15, 0.2) is 17.3 Å². The molecule has 0 saturated heterocycles. The van der Waals surface area contributed by atoms with Gasteiger partial charge in [0, 0.05) is 17.0 Å². The zero-order chi connectivity index (χ0) is 19.4. The minimum atomic E-state index is -0.593. The Morgan fingerprint density at radius 3 is 2.56 bits per heavy atom. The third-order valence-electron chi connectivity index (χ3n) is 3.89. The second kappa shape index (κ2) is 8.18. The molecule has 0 radical (unpaired) electrons. The number of rotatable bonds is 7. The minimum Gasteiger partial charge on any atom is -0.493 e. The molecule has 0 saturated carbocycles. The number of aromatic nitrogens is 1. The molecular weight excluding hydrogens is 369 g/mol. The summed E-state index contributed by atoms with van der Waals surface area (Å²) in [6.45, 7) is 1.52. The maximum atomic E-state index is 13.8. The number of hydrogen-bond donors (Lipinski definition) is 0. The maximum absolute atomic E-state index is 13.8. The highest BCUT2D eigenvalue weighted by molar-refractivity contribution is 7.13. The van der Waals surface area contributed by atoms with Crippen molar-refractivity contribution in [3.05, 3.63) is 58.9 Å². The van der Waals surface area contributed by atoms with Gasteiger partial charge in [0.2, 0.25) is 0 Å². The Labute approximate surface area is 160 Å². The lowest BCUT2D eigenvalue weighted by atomic mass is 10.1. The number of ether oxygens (including phenoxy) is 3. The van der Waals surface area contributed by atoms with Crippen molar-refractivity contribution in [1.82, 2.24) is 4.98 Å². The molecule has 1 heterocycles. The first-order valence-electron chi connectivity index (χ1n) is 8.12. The van der Waals surface area contributed by atoms with Gasteiger partial charge >= 0.3 is 0 Å². The Hall–Kier alpha value is -2.93. The average Bonchev–Trinajstić information content (AvgIpc) is 3.14. The second-order valence-electron chi connectivity index (χ2n) is 5.70. The van der Waals surface area contributed by atoms with Crippen LogP contribution in [0.2, 0.25) is 0 Å². The molecule has 0 spiro atoms. The van der Waals surface area contributed by atoms with Crippen molar-refractivity contribution in [3.63, 3.8) is 0 Å². The molecule has 0 aliphatic heterocycles.